The fourth-order valence-corrected chi connectivity index (χ4v) is 4.21. The van der Waals surface area contributed by atoms with Crippen molar-refractivity contribution >= 4 is 23.2 Å². The van der Waals surface area contributed by atoms with Gasteiger partial charge in [-0.3, -0.25) is 14.3 Å². The van der Waals surface area contributed by atoms with Gasteiger partial charge in [-0.05, 0) is 31.9 Å². The molecule has 0 bridgehead atoms. The number of hydrogen-bond acceptors (Lipinski definition) is 4. The molecule has 0 unspecified atom stereocenters. The Morgan fingerprint density at radius 2 is 1.89 bits per heavy atom. The molecule has 2 aliphatic rings. The molecule has 1 N–H and O–H groups in total. The van der Waals surface area contributed by atoms with Gasteiger partial charge in [-0.1, -0.05) is 12.1 Å². The van der Waals surface area contributed by atoms with Crippen LogP contribution in [0.15, 0.2) is 30.5 Å². The standard InChI is InChI=1S/C20H25N5O2/c1-14-16(12-23(3)22-14)19(27)24-10-8-20(9-11-24)13-25(15(2)26)18-7-5-4-6-17(18)21-20/h4-7,12,21H,8-11,13H2,1-3H3. The Hall–Kier alpha value is -2.83. The van der Waals surface area contributed by atoms with Gasteiger partial charge in [-0.2, -0.15) is 5.10 Å². The summed E-state index contributed by atoms with van der Waals surface area (Å²) in [6.45, 7) is 5.43. The minimum absolute atomic E-state index is 0.0371. The number of piperidine rings is 1. The molecule has 1 aromatic heterocycles. The molecule has 2 amide bonds. The number of likely N-dealkylation sites (tertiary alicyclic amines) is 1. The van der Waals surface area contributed by atoms with Crippen molar-refractivity contribution in [2.45, 2.75) is 32.2 Å². The number of amides is 2. The molecular weight excluding hydrogens is 342 g/mol. The number of benzene rings is 1. The predicted octanol–water partition coefficient (Wildman–Crippen LogP) is 2.18. The van der Waals surface area contributed by atoms with E-state index in [1.807, 2.05) is 48.0 Å². The summed E-state index contributed by atoms with van der Waals surface area (Å²) < 4.78 is 1.68. The average Bonchev–Trinajstić information content (AvgIpc) is 2.99. The maximum absolute atomic E-state index is 12.9. The number of carbonyl (C=O) groups excluding carboxylic acids is 2. The van der Waals surface area contributed by atoms with Gasteiger partial charge in [0, 0.05) is 39.8 Å². The second kappa shape index (κ2) is 6.40. The van der Waals surface area contributed by atoms with Gasteiger partial charge >= 0.3 is 0 Å². The number of aryl methyl sites for hydroxylation is 2. The van der Waals surface area contributed by atoms with Crippen LogP contribution in [0.3, 0.4) is 0 Å². The molecule has 1 aromatic carbocycles. The van der Waals surface area contributed by atoms with Gasteiger partial charge in [-0.15, -0.1) is 0 Å². The van der Waals surface area contributed by atoms with Crippen LogP contribution in [0.4, 0.5) is 11.4 Å². The second-order valence-electron chi connectivity index (χ2n) is 7.62. The summed E-state index contributed by atoms with van der Waals surface area (Å²) in [7, 11) is 1.83. The van der Waals surface area contributed by atoms with E-state index in [4.69, 9.17) is 0 Å². The maximum atomic E-state index is 12.9. The lowest BCUT2D eigenvalue weighted by Crippen LogP contribution is -2.59. The Kier molecular flexibility index (Phi) is 4.17. The molecule has 0 atom stereocenters. The van der Waals surface area contributed by atoms with E-state index in [-0.39, 0.29) is 17.4 Å². The van der Waals surface area contributed by atoms with Crippen molar-refractivity contribution in [1.82, 2.24) is 14.7 Å². The quantitative estimate of drug-likeness (QED) is 0.839. The molecule has 2 aromatic rings. The van der Waals surface area contributed by atoms with Gasteiger partial charge in [0.1, 0.15) is 0 Å². The molecule has 1 saturated heterocycles. The number of nitrogens with zero attached hydrogens (tertiary/aromatic N) is 4. The van der Waals surface area contributed by atoms with Gasteiger partial charge in [0.25, 0.3) is 5.91 Å². The number of aromatic nitrogens is 2. The average molecular weight is 367 g/mol. The van der Waals surface area contributed by atoms with E-state index in [9.17, 15) is 9.59 Å². The summed E-state index contributed by atoms with van der Waals surface area (Å²) in [6, 6.07) is 7.92. The van der Waals surface area contributed by atoms with Gasteiger partial charge in [0.15, 0.2) is 0 Å². The summed E-state index contributed by atoms with van der Waals surface area (Å²) >= 11 is 0. The van der Waals surface area contributed by atoms with E-state index < -0.39 is 0 Å². The van der Waals surface area contributed by atoms with Crippen LogP contribution in [-0.4, -0.2) is 51.7 Å². The summed E-state index contributed by atoms with van der Waals surface area (Å²) in [5.41, 5.74) is 3.15. The highest BCUT2D eigenvalue weighted by molar-refractivity contribution is 5.97. The molecule has 0 radical (unpaired) electrons. The molecule has 3 heterocycles. The van der Waals surface area contributed by atoms with Crippen LogP contribution in [0.5, 0.6) is 0 Å². The van der Waals surface area contributed by atoms with E-state index in [2.05, 4.69) is 10.4 Å². The van der Waals surface area contributed by atoms with E-state index in [0.717, 1.165) is 29.9 Å². The van der Waals surface area contributed by atoms with E-state index in [0.29, 0.717) is 25.2 Å². The van der Waals surface area contributed by atoms with E-state index in [1.54, 1.807) is 17.8 Å². The van der Waals surface area contributed by atoms with Gasteiger partial charge in [0.2, 0.25) is 5.91 Å². The largest absolute Gasteiger partial charge is 0.376 e. The normalized spacial score (nSPS) is 18.2. The van der Waals surface area contributed by atoms with Crippen LogP contribution >= 0.6 is 0 Å². The highest BCUT2D eigenvalue weighted by Gasteiger charge is 2.42. The Bertz CT molecular complexity index is 896. The number of hydrogen-bond donors (Lipinski definition) is 1. The van der Waals surface area contributed by atoms with E-state index in [1.165, 1.54) is 0 Å². The number of nitrogens with one attached hydrogen (secondary N) is 1. The molecular formula is C20H25N5O2. The summed E-state index contributed by atoms with van der Waals surface area (Å²) in [5.74, 6) is 0.0860. The Labute approximate surface area is 158 Å². The second-order valence-corrected chi connectivity index (χ2v) is 7.62. The number of carbonyl (C=O) groups is 2. The van der Waals surface area contributed by atoms with Crippen molar-refractivity contribution < 1.29 is 9.59 Å². The molecule has 1 spiro atoms. The lowest BCUT2D eigenvalue weighted by Gasteiger charge is -2.48. The molecule has 27 heavy (non-hydrogen) atoms. The minimum Gasteiger partial charge on any atom is -0.376 e. The highest BCUT2D eigenvalue weighted by atomic mass is 16.2. The molecule has 1 fully saturated rings. The summed E-state index contributed by atoms with van der Waals surface area (Å²) in [5, 5.41) is 7.94. The van der Waals surface area contributed by atoms with Crippen molar-refractivity contribution in [3.8, 4) is 0 Å². The lowest BCUT2D eigenvalue weighted by molar-refractivity contribution is -0.116. The van der Waals surface area contributed by atoms with Crippen LogP contribution < -0.4 is 10.2 Å². The first-order chi connectivity index (χ1) is 12.9. The van der Waals surface area contributed by atoms with Crippen LogP contribution in [0.2, 0.25) is 0 Å². The topological polar surface area (TPSA) is 70.5 Å². The number of anilines is 2. The van der Waals surface area contributed by atoms with E-state index >= 15 is 0 Å². The molecule has 2 aliphatic heterocycles. The van der Waals surface area contributed by atoms with Crippen LogP contribution in [-0.2, 0) is 11.8 Å². The Morgan fingerprint density at radius 3 is 2.52 bits per heavy atom. The van der Waals surface area contributed by atoms with Crippen molar-refractivity contribution in [2.24, 2.45) is 7.05 Å². The lowest BCUT2D eigenvalue weighted by atomic mass is 9.84. The van der Waals surface area contributed by atoms with Gasteiger partial charge in [-0.25, -0.2) is 0 Å². The Morgan fingerprint density at radius 1 is 1.19 bits per heavy atom. The third-order valence-corrected chi connectivity index (χ3v) is 5.69. The smallest absolute Gasteiger partial charge is 0.257 e. The zero-order valence-electron chi connectivity index (χ0n) is 16.0. The zero-order chi connectivity index (χ0) is 19.2. The first-order valence-corrected chi connectivity index (χ1v) is 9.33. The van der Waals surface area contributed by atoms with Crippen LogP contribution in [0, 0.1) is 6.92 Å². The third-order valence-electron chi connectivity index (χ3n) is 5.69. The third kappa shape index (κ3) is 3.07. The first-order valence-electron chi connectivity index (χ1n) is 9.33. The molecule has 4 rings (SSSR count). The van der Waals surface area contributed by atoms with Crippen LogP contribution in [0.1, 0.15) is 35.8 Å². The van der Waals surface area contributed by atoms with Crippen molar-refractivity contribution in [3.63, 3.8) is 0 Å². The van der Waals surface area contributed by atoms with Gasteiger partial charge < -0.3 is 15.1 Å². The number of para-hydroxylation sites is 2. The fraction of sp³-hybridized carbons (Fsp3) is 0.450. The zero-order valence-corrected chi connectivity index (χ0v) is 16.0. The number of fused-ring (bicyclic) bond motifs is 1. The summed E-state index contributed by atoms with van der Waals surface area (Å²) in [4.78, 5) is 28.8. The van der Waals surface area contributed by atoms with Crippen molar-refractivity contribution in [2.75, 3.05) is 29.9 Å². The first kappa shape index (κ1) is 17.6. The predicted molar refractivity (Wildman–Crippen MR) is 104 cm³/mol. The molecule has 0 saturated carbocycles. The Balaban J connectivity index is 1.52. The molecule has 7 nitrogen and oxygen atoms in total. The molecule has 7 heteroatoms. The SMILES string of the molecule is CC(=O)N1CC2(CCN(C(=O)c3cn(C)nc3C)CC2)Nc2ccccc21. The number of rotatable bonds is 1. The molecule has 142 valence electrons. The monoisotopic (exact) mass is 367 g/mol. The van der Waals surface area contributed by atoms with Crippen LogP contribution in [0.25, 0.3) is 0 Å². The highest BCUT2D eigenvalue weighted by Crippen LogP contribution is 2.39. The van der Waals surface area contributed by atoms with Gasteiger partial charge in [0.05, 0.1) is 28.2 Å². The van der Waals surface area contributed by atoms with Crippen molar-refractivity contribution in [1.29, 1.82) is 0 Å². The maximum Gasteiger partial charge on any atom is 0.257 e. The minimum atomic E-state index is -0.194. The summed E-state index contributed by atoms with van der Waals surface area (Å²) in [6.07, 6.45) is 3.39. The van der Waals surface area contributed by atoms with Crippen molar-refractivity contribution in [3.05, 3.63) is 41.7 Å². The molecule has 0 aliphatic carbocycles. The fourth-order valence-electron chi connectivity index (χ4n) is 4.21.